The Hall–Kier alpha value is -3.44. The molecule has 0 radical (unpaired) electrons. The second kappa shape index (κ2) is 7.06. The number of aromatic amines is 1. The summed E-state index contributed by atoms with van der Waals surface area (Å²) in [4.78, 5) is 19.1. The molecule has 1 N–H and O–H groups in total. The van der Waals surface area contributed by atoms with E-state index in [-0.39, 0.29) is 18.7 Å². The van der Waals surface area contributed by atoms with Gasteiger partial charge < -0.3 is 19.4 Å². The van der Waals surface area contributed by atoms with E-state index in [9.17, 15) is 4.79 Å². The minimum atomic E-state index is -0.256. The lowest BCUT2D eigenvalue weighted by atomic mass is 9.91. The Balaban J connectivity index is 1.51. The number of nitrogens with zero attached hydrogens (tertiary/aromatic N) is 1. The number of carbonyl (C=O) groups is 1. The molecule has 1 amide bonds. The number of ether oxygens (including phenoxy) is 2. The SMILES string of the molecule is O=C(c1ccc(Cl)cc1)N1CCc2c([nH]c3ccccc23)[C@H]1c1ccc2c(c1)OCO2. The average molecular weight is 431 g/mol. The molecule has 31 heavy (non-hydrogen) atoms. The van der Waals surface area contributed by atoms with E-state index < -0.39 is 0 Å². The van der Waals surface area contributed by atoms with E-state index >= 15 is 0 Å². The fraction of sp³-hybridized carbons (Fsp3) is 0.160. The molecule has 3 aromatic carbocycles. The summed E-state index contributed by atoms with van der Waals surface area (Å²) in [7, 11) is 0. The predicted molar refractivity (Wildman–Crippen MR) is 119 cm³/mol. The Bertz CT molecular complexity index is 1310. The van der Waals surface area contributed by atoms with Gasteiger partial charge in [-0.3, -0.25) is 4.79 Å². The maximum atomic E-state index is 13.6. The zero-order valence-corrected chi connectivity index (χ0v) is 17.4. The molecule has 5 nitrogen and oxygen atoms in total. The number of fused-ring (bicyclic) bond motifs is 4. The van der Waals surface area contributed by atoms with E-state index in [0.29, 0.717) is 22.9 Å². The van der Waals surface area contributed by atoms with Crippen molar-refractivity contribution in [2.24, 2.45) is 0 Å². The average Bonchev–Trinajstić information content (AvgIpc) is 3.42. The van der Waals surface area contributed by atoms with Crippen LogP contribution in [0.1, 0.15) is 33.2 Å². The summed E-state index contributed by atoms with van der Waals surface area (Å²) in [5.41, 5.74) is 5.00. The van der Waals surface area contributed by atoms with Gasteiger partial charge in [-0.2, -0.15) is 0 Å². The van der Waals surface area contributed by atoms with Gasteiger partial charge in [0.05, 0.1) is 6.04 Å². The normalized spacial score (nSPS) is 17.1. The van der Waals surface area contributed by atoms with Crippen molar-refractivity contribution in [3.63, 3.8) is 0 Å². The zero-order chi connectivity index (χ0) is 20.9. The van der Waals surface area contributed by atoms with Gasteiger partial charge in [0, 0.05) is 33.7 Å². The maximum absolute atomic E-state index is 13.6. The van der Waals surface area contributed by atoms with Crippen LogP contribution in [-0.4, -0.2) is 29.1 Å². The Morgan fingerprint density at radius 3 is 2.68 bits per heavy atom. The molecular weight excluding hydrogens is 412 g/mol. The van der Waals surface area contributed by atoms with Crippen LogP contribution in [0.4, 0.5) is 0 Å². The van der Waals surface area contributed by atoms with E-state index in [0.717, 1.165) is 28.9 Å². The summed E-state index contributed by atoms with van der Waals surface area (Å²) in [5.74, 6) is 1.41. The molecule has 0 unspecified atom stereocenters. The van der Waals surface area contributed by atoms with Gasteiger partial charge in [-0.25, -0.2) is 0 Å². The van der Waals surface area contributed by atoms with Gasteiger partial charge in [-0.15, -0.1) is 0 Å². The lowest BCUT2D eigenvalue weighted by Gasteiger charge is -2.36. The molecule has 154 valence electrons. The van der Waals surface area contributed by atoms with Crippen LogP contribution in [0.5, 0.6) is 11.5 Å². The lowest BCUT2D eigenvalue weighted by molar-refractivity contribution is 0.0691. The summed E-state index contributed by atoms with van der Waals surface area (Å²) in [5, 5.41) is 1.82. The van der Waals surface area contributed by atoms with Crippen LogP contribution in [0.15, 0.2) is 66.7 Å². The third-order valence-corrected chi connectivity index (χ3v) is 6.35. The van der Waals surface area contributed by atoms with Crippen molar-refractivity contribution in [1.82, 2.24) is 9.88 Å². The highest BCUT2D eigenvalue weighted by Gasteiger charge is 2.35. The minimum Gasteiger partial charge on any atom is -0.454 e. The first kappa shape index (κ1) is 18.3. The van der Waals surface area contributed by atoms with Gasteiger partial charge in [0.15, 0.2) is 11.5 Å². The van der Waals surface area contributed by atoms with E-state index in [1.807, 2.05) is 29.2 Å². The molecule has 2 aliphatic heterocycles. The fourth-order valence-electron chi connectivity index (χ4n) is 4.65. The van der Waals surface area contributed by atoms with Gasteiger partial charge in [0.1, 0.15) is 0 Å². The van der Waals surface area contributed by atoms with Crippen LogP contribution in [0.3, 0.4) is 0 Å². The Labute approximate surface area is 184 Å². The molecule has 0 saturated heterocycles. The van der Waals surface area contributed by atoms with E-state index in [2.05, 4.69) is 23.2 Å². The number of amides is 1. The molecule has 3 heterocycles. The van der Waals surface area contributed by atoms with Crippen LogP contribution in [-0.2, 0) is 6.42 Å². The Morgan fingerprint density at radius 2 is 1.81 bits per heavy atom. The quantitative estimate of drug-likeness (QED) is 0.467. The third kappa shape index (κ3) is 2.96. The van der Waals surface area contributed by atoms with E-state index in [1.54, 1.807) is 24.3 Å². The van der Waals surface area contributed by atoms with E-state index in [1.165, 1.54) is 10.9 Å². The van der Waals surface area contributed by atoms with Crippen LogP contribution >= 0.6 is 11.6 Å². The molecule has 0 fully saturated rings. The molecule has 0 saturated carbocycles. The van der Waals surface area contributed by atoms with Crippen molar-refractivity contribution < 1.29 is 14.3 Å². The van der Waals surface area contributed by atoms with Gasteiger partial charge >= 0.3 is 0 Å². The van der Waals surface area contributed by atoms with Crippen molar-refractivity contribution in [2.45, 2.75) is 12.5 Å². The van der Waals surface area contributed by atoms with Crippen LogP contribution in [0.2, 0.25) is 5.02 Å². The highest BCUT2D eigenvalue weighted by molar-refractivity contribution is 6.30. The highest BCUT2D eigenvalue weighted by Crippen LogP contribution is 2.42. The van der Waals surface area contributed by atoms with Crippen molar-refractivity contribution >= 4 is 28.4 Å². The summed E-state index contributed by atoms with van der Waals surface area (Å²) < 4.78 is 11.1. The first-order valence-corrected chi connectivity index (χ1v) is 10.6. The Kier molecular flexibility index (Phi) is 4.18. The van der Waals surface area contributed by atoms with Crippen LogP contribution in [0.25, 0.3) is 10.9 Å². The number of hydrogen-bond donors (Lipinski definition) is 1. The second-order valence-electron chi connectivity index (χ2n) is 7.83. The molecule has 2 aliphatic rings. The second-order valence-corrected chi connectivity index (χ2v) is 8.27. The number of nitrogens with one attached hydrogen (secondary N) is 1. The number of hydrogen-bond acceptors (Lipinski definition) is 3. The molecule has 4 aromatic rings. The van der Waals surface area contributed by atoms with Crippen molar-refractivity contribution in [1.29, 1.82) is 0 Å². The monoisotopic (exact) mass is 430 g/mol. The molecule has 0 aliphatic carbocycles. The molecule has 1 atom stereocenters. The van der Waals surface area contributed by atoms with Crippen LogP contribution in [0, 0.1) is 0 Å². The topological polar surface area (TPSA) is 54.6 Å². The molecule has 0 spiro atoms. The number of para-hydroxylation sites is 1. The van der Waals surface area contributed by atoms with E-state index in [4.69, 9.17) is 21.1 Å². The largest absolute Gasteiger partial charge is 0.454 e. The lowest BCUT2D eigenvalue weighted by Crippen LogP contribution is -2.40. The Morgan fingerprint density at radius 1 is 1.00 bits per heavy atom. The van der Waals surface area contributed by atoms with Gasteiger partial charge in [0.2, 0.25) is 6.79 Å². The fourth-order valence-corrected chi connectivity index (χ4v) is 4.77. The summed E-state index contributed by atoms with van der Waals surface area (Å²) in [6.45, 7) is 0.837. The number of halogens is 1. The number of carbonyl (C=O) groups excluding carboxylic acids is 1. The summed E-state index contributed by atoms with van der Waals surface area (Å²) >= 11 is 6.04. The summed E-state index contributed by atoms with van der Waals surface area (Å²) in [6, 6.07) is 21.0. The number of aromatic nitrogens is 1. The standard InChI is InChI=1S/C25H19ClN2O3/c26-17-8-5-15(6-9-17)25(29)28-12-11-19-18-3-1-2-4-20(18)27-23(19)24(28)16-7-10-21-22(13-16)31-14-30-21/h1-10,13,24,27H,11-12,14H2/t24-/m1/s1. The third-order valence-electron chi connectivity index (χ3n) is 6.10. The first-order valence-electron chi connectivity index (χ1n) is 10.2. The number of H-pyrrole nitrogens is 1. The van der Waals surface area contributed by atoms with Gasteiger partial charge in [0.25, 0.3) is 5.91 Å². The molecule has 1 aromatic heterocycles. The van der Waals surface area contributed by atoms with Crippen molar-refractivity contribution in [3.05, 3.63) is 94.1 Å². The number of rotatable bonds is 2. The maximum Gasteiger partial charge on any atom is 0.254 e. The molecule has 0 bridgehead atoms. The number of benzene rings is 3. The smallest absolute Gasteiger partial charge is 0.254 e. The predicted octanol–water partition coefficient (Wildman–Crippen LogP) is 5.34. The van der Waals surface area contributed by atoms with Gasteiger partial charge in [-0.05, 0) is 60.0 Å². The zero-order valence-electron chi connectivity index (χ0n) is 16.6. The minimum absolute atomic E-state index is 0.0244. The van der Waals surface area contributed by atoms with Gasteiger partial charge in [-0.1, -0.05) is 35.9 Å². The highest BCUT2D eigenvalue weighted by atomic mass is 35.5. The van der Waals surface area contributed by atoms with Crippen molar-refractivity contribution in [2.75, 3.05) is 13.3 Å². The summed E-state index contributed by atoms with van der Waals surface area (Å²) in [6.07, 6.45) is 0.791. The van der Waals surface area contributed by atoms with Crippen LogP contribution < -0.4 is 9.47 Å². The molecule has 6 heteroatoms. The first-order chi connectivity index (χ1) is 15.2. The van der Waals surface area contributed by atoms with Crippen molar-refractivity contribution in [3.8, 4) is 11.5 Å². The molecular formula is C25H19ClN2O3. The molecule has 6 rings (SSSR count).